The summed E-state index contributed by atoms with van der Waals surface area (Å²) < 4.78 is 18.8. The molecule has 1 aromatic carbocycles. The van der Waals surface area contributed by atoms with E-state index in [2.05, 4.69) is 0 Å². The maximum atomic E-state index is 13.4. The third-order valence-electron chi connectivity index (χ3n) is 3.82. The highest BCUT2D eigenvalue weighted by Gasteiger charge is 2.40. The largest absolute Gasteiger partial charge is 0.496 e. The van der Waals surface area contributed by atoms with Crippen LogP contribution in [0.4, 0.5) is 4.39 Å². The minimum Gasteiger partial charge on any atom is -0.496 e. The molecule has 0 aliphatic heterocycles. The summed E-state index contributed by atoms with van der Waals surface area (Å²) in [5.41, 5.74) is 7.54. The number of methoxy groups -OCH3 is 1. The quantitative estimate of drug-likeness (QED) is 0.854. The van der Waals surface area contributed by atoms with Crippen LogP contribution < -0.4 is 10.5 Å². The molecule has 0 bridgehead atoms. The molecule has 88 valence electrons. The van der Waals surface area contributed by atoms with Crippen LogP contribution in [-0.4, -0.2) is 13.7 Å². The van der Waals surface area contributed by atoms with E-state index < -0.39 is 0 Å². The van der Waals surface area contributed by atoms with Gasteiger partial charge in [0.15, 0.2) is 0 Å². The van der Waals surface area contributed by atoms with E-state index in [1.807, 2.05) is 6.07 Å². The Hall–Kier alpha value is -1.09. The molecule has 1 aliphatic carbocycles. The van der Waals surface area contributed by atoms with Crippen molar-refractivity contribution in [2.45, 2.75) is 31.6 Å². The van der Waals surface area contributed by atoms with Gasteiger partial charge in [0.05, 0.1) is 7.11 Å². The van der Waals surface area contributed by atoms with Crippen molar-refractivity contribution in [2.75, 3.05) is 13.7 Å². The Labute approximate surface area is 95.6 Å². The third-order valence-corrected chi connectivity index (χ3v) is 3.82. The molecular formula is C13H18FNO. The molecular weight excluding hydrogens is 205 g/mol. The van der Waals surface area contributed by atoms with Crippen LogP contribution in [0.2, 0.25) is 0 Å². The van der Waals surface area contributed by atoms with E-state index in [4.69, 9.17) is 10.5 Å². The second kappa shape index (κ2) is 4.06. The van der Waals surface area contributed by atoms with Gasteiger partial charge in [0.25, 0.3) is 0 Å². The van der Waals surface area contributed by atoms with Crippen molar-refractivity contribution in [1.29, 1.82) is 0 Å². The molecule has 0 aromatic heterocycles. The zero-order chi connectivity index (χ0) is 11.8. The predicted molar refractivity (Wildman–Crippen MR) is 62.3 cm³/mol. The van der Waals surface area contributed by atoms with Crippen LogP contribution >= 0.6 is 0 Å². The van der Waals surface area contributed by atoms with Crippen molar-refractivity contribution in [3.8, 4) is 5.75 Å². The zero-order valence-corrected chi connectivity index (χ0v) is 9.85. The van der Waals surface area contributed by atoms with Crippen molar-refractivity contribution < 1.29 is 9.13 Å². The Balaban J connectivity index is 2.52. The van der Waals surface area contributed by atoms with Crippen LogP contribution in [-0.2, 0) is 5.41 Å². The lowest BCUT2D eigenvalue weighted by Crippen LogP contribution is -2.41. The molecule has 1 aromatic rings. The van der Waals surface area contributed by atoms with Gasteiger partial charge in [-0.3, -0.25) is 0 Å². The van der Waals surface area contributed by atoms with Crippen LogP contribution in [0.3, 0.4) is 0 Å². The first-order valence-electron chi connectivity index (χ1n) is 5.68. The third kappa shape index (κ3) is 1.50. The van der Waals surface area contributed by atoms with Gasteiger partial charge in [0, 0.05) is 23.1 Å². The number of ether oxygens (including phenoxy) is 1. The highest BCUT2D eigenvalue weighted by Crippen LogP contribution is 2.47. The highest BCUT2D eigenvalue weighted by molar-refractivity contribution is 5.47. The predicted octanol–water partition coefficient (Wildman–Crippen LogP) is 2.52. The number of hydrogen-bond donors (Lipinski definition) is 1. The molecule has 2 nitrogen and oxygen atoms in total. The van der Waals surface area contributed by atoms with Gasteiger partial charge >= 0.3 is 0 Å². The van der Waals surface area contributed by atoms with Crippen molar-refractivity contribution in [3.63, 3.8) is 0 Å². The fraction of sp³-hybridized carbons (Fsp3) is 0.538. The van der Waals surface area contributed by atoms with E-state index in [9.17, 15) is 4.39 Å². The molecule has 2 N–H and O–H groups in total. The Bertz CT molecular complexity index is 394. The van der Waals surface area contributed by atoms with E-state index in [1.54, 1.807) is 14.0 Å². The first-order chi connectivity index (χ1) is 7.64. The van der Waals surface area contributed by atoms with Crippen LogP contribution in [0.1, 0.15) is 30.4 Å². The monoisotopic (exact) mass is 223 g/mol. The summed E-state index contributed by atoms with van der Waals surface area (Å²) in [6.45, 7) is 2.36. The van der Waals surface area contributed by atoms with Crippen molar-refractivity contribution in [3.05, 3.63) is 29.1 Å². The summed E-state index contributed by atoms with van der Waals surface area (Å²) in [7, 11) is 1.59. The van der Waals surface area contributed by atoms with Gasteiger partial charge in [-0.1, -0.05) is 12.5 Å². The fourth-order valence-corrected chi connectivity index (χ4v) is 2.54. The summed E-state index contributed by atoms with van der Waals surface area (Å²) in [6, 6.07) is 3.34. The average Bonchev–Trinajstić information content (AvgIpc) is 2.23. The summed E-state index contributed by atoms with van der Waals surface area (Å²) in [4.78, 5) is 0. The van der Waals surface area contributed by atoms with Gasteiger partial charge in [-0.15, -0.1) is 0 Å². The Morgan fingerprint density at radius 1 is 1.44 bits per heavy atom. The fourth-order valence-electron chi connectivity index (χ4n) is 2.54. The first-order valence-corrected chi connectivity index (χ1v) is 5.68. The van der Waals surface area contributed by atoms with E-state index in [1.165, 1.54) is 12.5 Å². The zero-order valence-electron chi connectivity index (χ0n) is 9.85. The van der Waals surface area contributed by atoms with Crippen molar-refractivity contribution in [2.24, 2.45) is 5.73 Å². The molecule has 0 radical (unpaired) electrons. The number of halogens is 1. The van der Waals surface area contributed by atoms with Gasteiger partial charge in [0.2, 0.25) is 0 Å². The molecule has 0 heterocycles. The van der Waals surface area contributed by atoms with E-state index >= 15 is 0 Å². The molecule has 0 saturated heterocycles. The van der Waals surface area contributed by atoms with E-state index in [0.717, 1.165) is 18.4 Å². The molecule has 3 heteroatoms. The van der Waals surface area contributed by atoms with E-state index in [-0.39, 0.29) is 11.2 Å². The minimum absolute atomic E-state index is 0.0177. The Kier molecular flexibility index (Phi) is 2.89. The molecule has 1 saturated carbocycles. The molecule has 2 rings (SSSR count). The van der Waals surface area contributed by atoms with Gasteiger partial charge in [-0.2, -0.15) is 0 Å². The average molecular weight is 223 g/mol. The Morgan fingerprint density at radius 2 is 2.12 bits per heavy atom. The second-order valence-electron chi connectivity index (χ2n) is 4.59. The first kappa shape index (κ1) is 11.4. The maximum absolute atomic E-state index is 13.4. The number of rotatable bonds is 3. The lowest BCUT2D eigenvalue weighted by Gasteiger charge is -2.42. The topological polar surface area (TPSA) is 35.2 Å². The standard InChI is InChI=1S/C13H18FNO/c1-9-11(14)5-4-10(12(9)16-2)13(8-15)6-3-7-13/h4-5H,3,6-8,15H2,1-2H3. The molecule has 0 unspecified atom stereocenters. The van der Waals surface area contributed by atoms with Crippen LogP contribution in [0.25, 0.3) is 0 Å². The number of benzene rings is 1. The highest BCUT2D eigenvalue weighted by atomic mass is 19.1. The molecule has 16 heavy (non-hydrogen) atoms. The smallest absolute Gasteiger partial charge is 0.129 e. The molecule has 0 atom stereocenters. The van der Waals surface area contributed by atoms with Crippen LogP contribution in [0, 0.1) is 12.7 Å². The summed E-state index contributed by atoms with van der Waals surface area (Å²) in [6.07, 6.45) is 3.34. The van der Waals surface area contributed by atoms with Crippen molar-refractivity contribution >= 4 is 0 Å². The van der Waals surface area contributed by atoms with E-state index in [0.29, 0.717) is 17.9 Å². The van der Waals surface area contributed by atoms with Gasteiger partial charge in [0.1, 0.15) is 11.6 Å². The lowest BCUT2D eigenvalue weighted by atomic mass is 9.64. The maximum Gasteiger partial charge on any atom is 0.129 e. The number of hydrogen-bond acceptors (Lipinski definition) is 2. The molecule has 1 fully saturated rings. The normalized spacial score (nSPS) is 18.0. The number of nitrogens with two attached hydrogens (primary N) is 1. The Morgan fingerprint density at radius 3 is 2.56 bits per heavy atom. The minimum atomic E-state index is -0.216. The van der Waals surface area contributed by atoms with Gasteiger partial charge < -0.3 is 10.5 Å². The lowest BCUT2D eigenvalue weighted by molar-refractivity contribution is 0.242. The van der Waals surface area contributed by atoms with Crippen LogP contribution in [0.5, 0.6) is 5.75 Å². The van der Waals surface area contributed by atoms with Crippen LogP contribution in [0.15, 0.2) is 12.1 Å². The molecule has 0 spiro atoms. The molecule has 1 aliphatic rings. The van der Waals surface area contributed by atoms with Gasteiger partial charge in [-0.25, -0.2) is 4.39 Å². The van der Waals surface area contributed by atoms with Crippen molar-refractivity contribution in [1.82, 2.24) is 0 Å². The second-order valence-corrected chi connectivity index (χ2v) is 4.59. The SMILES string of the molecule is COc1c(C2(CN)CCC2)ccc(F)c1C. The summed E-state index contributed by atoms with van der Waals surface area (Å²) in [5.74, 6) is 0.456. The molecule has 0 amide bonds. The van der Waals surface area contributed by atoms with Gasteiger partial charge in [-0.05, 0) is 25.8 Å². The summed E-state index contributed by atoms with van der Waals surface area (Å²) in [5, 5.41) is 0. The summed E-state index contributed by atoms with van der Waals surface area (Å²) >= 11 is 0.